The first kappa shape index (κ1) is 18.7. The van der Waals surface area contributed by atoms with E-state index in [9.17, 15) is 4.79 Å². The zero-order valence-electron chi connectivity index (χ0n) is 15.9. The van der Waals surface area contributed by atoms with Crippen LogP contribution in [0.1, 0.15) is 48.3 Å². The van der Waals surface area contributed by atoms with E-state index in [-0.39, 0.29) is 5.91 Å². The van der Waals surface area contributed by atoms with Crippen LogP contribution in [0.15, 0.2) is 48.2 Å². The highest BCUT2D eigenvalue weighted by atomic mass is 35.5. The van der Waals surface area contributed by atoms with Crippen LogP contribution < -0.4 is 5.32 Å². The van der Waals surface area contributed by atoms with Gasteiger partial charge in [0.2, 0.25) is 0 Å². The van der Waals surface area contributed by atoms with Crippen molar-refractivity contribution in [2.75, 3.05) is 6.54 Å². The molecule has 0 saturated carbocycles. The van der Waals surface area contributed by atoms with E-state index in [4.69, 9.17) is 11.6 Å². The zero-order valence-corrected chi connectivity index (χ0v) is 16.7. The van der Waals surface area contributed by atoms with Crippen molar-refractivity contribution >= 4 is 28.7 Å². The van der Waals surface area contributed by atoms with Crippen molar-refractivity contribution in [3.63, 3.8) is 0 Å². The Hall–Kier alpha value is -2.66. The second kappa shape index (κ2) is 8.15. The Morgan fingerprint density at radius 1 is 1.29 bits per heavy atom. The summed E-state index contributed by atoms with van der Waals surface area (Å²) in [6, 6.07) is 9.08. The van der Waals surface area contributed by atoms with E-state index in [1.54, 1.807) is 24.4 Å². The summed E-state index contributed by atoms with van der Waals surface area (Å²) in [4.78, 5) is 21.6. The predicted octanol–water partition coefficient (Wildman–Crippen LogP) is 5.00. The molecule has 2 aromatic heterocycles. The molecule has 144 valence electrons. The van der Waals surface area contributed by atoms with Gasteiger partial charge in [-0.05, 0) is 69.4 Å². The maximum atomic E-state index is 12.7. The minimum atomic E-state index is -0.0932. The third-order valence-electron chi connectivity index (χ3n) is 5.15. The van der Waals surface area contributed by atoms with Crippen LogP contribution in [0, 0.1) is 6.92 Å². The number of pyridine rings is 1. The summed E-state index contributed by atoms with van der Waals surface area (Å²) >= 11 is 6.46. The van der Waals surface area contributed by atoms with E-state index in [1.807, 2.05) is 23.6 Å². The lowest BCUT2D eigenvalue weighted by atomic mass is 9.97. The number of allylic oxidation sites excluding steroid dienone is 1. The quantitative estimate of drug-likeness (QED) is 0.619. The molecule has 0 spiro atoms. The summed E-state index contributed by atoms with van der Waals surface area (Å²) in [6.07, 6.45) is 9.81. The van der Waals surface area contributed by atoms with Gasteiger partial charge < -0.3 is 5.32 Å². The summed E-state index contributed by atoms with van der Waals surface area (Å²) in [5.41, 5.74) is 4.27. The maximum absolute atomic E-state index is 12.7. The molecule has 0 radical (unpaired) electrons. The molecule has 5 nitrogen and oxygen atoms in total. The minimum absolute atomic E-state index is 0.0932. The van der Waals surface area contributed by atoms with Crippen LogP contribution in [0.2, 0.25) is 5.02 Å². The summed E-state index contributed by atoms with van der Waals surface area (Å²) in [5, 5.41) is 3.58. The average Bonchev–Trinajstić information content (AvgIpc) is 3.05. The van der Waals surface area contributed by atoms with Crippen LogP contribution in [0.4, 0.5) is 0 Å². The molecule has 1 aromatic carbocycles. The summed E-state index contributed by atoms with van der Waals surface area (Å²) in [7, 11) is 0. The van der Waals surface area contributed by atoms with Crippen LogP contribution in [-0.4, -0.2) is 27.0 Å². The van der Waals surface area contributed by atoms with E-state index >= 15 is 0 Å². The predicted molar refractivity (Wildman–Crippen MR) is 112 cm³/mol. The van der Waals surface area contributed by atoms with Gasteiger partial charge in [0.1, 0.15) is 11.3 Å². The molecule has 28 heavy (non-hydrogen) atoms. The monoisotopic (exact) mass is 394 g/mol. The molecule has 1 aliphatic carbocycles. The summed E-state index contributed by atoms with van der Waals surface area (Å²) in [6.45, 7) is 2.56. The van der Waals surface area contributed by atoms with Gasteiger partial charge in [-0.2, -0.15) is 0 Å². The second-order valence-electron chi connectivity index (χ2n) is 7.12. The second-order valence-corrected chi connectivity index (χ2v) is 7.53. The van der Waals surface area contributed by atoms with Crippen LogP contribution in [0.25, 0.3) is 16.9 Å². The molecule has 1 aliphatic rings. The molecule has 0 aliphatic heterocycles. The van der Waals surface area contributed by atoms with Gasteiger partial charge in [0.05, 0.1) is 10.7 Å². The molecule has 6 heteroatoms. The van der Waals surface area contributed by atoms with Crippen molar-refractivity contribution in [2.24, 2.45) is 0 Å². The van der Waals surface area contributed by atoms with E-state index in [0.29, 0.717) is 22.8 Å². The molecule has 4 rings (SSSR count). The standard InChI is InChI=1S/C22H23ClN4O/c1-15-26-19-8-5-12-24-21(19)27(15)20-14-17(9-10-18(20)23)22(28)25-13-11-16-6-3-2-4-7-16/h5-6,8-10,12,14H,2-4,7,11,13H2,1H3,(H,25,28). The van der Waals surface area contributed by atoms with Crippen LogP contribution in [0.5, 0.6) is 0 Å². The smallest absolute Gasteiger partial charge is 0.251 e. The lowest BCUT2D eigenvalue weighted by Crippen LogP contribution is -2.25. The van der Waals surface area contributed by atoms with Gasteiger partial charge in [0.25, 0.3) is 5.91 Å². The van der Waals surface area contributed by atoms with Gasteiger partial charge in [-0.25, -0.2) is 9.97 Å². The number of benzene rings is 1. The number of nitrogens with one attached hydrogen (secondary N) is 1. The molecule has 1 N–H and O–H groups in total. The number of aryl methyl sites for hydroxylation is 1. The number of halogens is 1. The van der Waals surface area contributed by atoms with E-state index in [0.717, 1.165) is 36.3 Å². The number of carbonyl (C=O) groups excluding carboxylic acids is 1. The first-order valence-electron chi connectivity index (χ1n) is 9.69. The van der Waals surface area contributed by atoms with Crippen molar-refractivity contribution in [1.29, 1.82) is 0 Å². The van der Waals surface area contributed by atoms with Gasteiger partial charge >= 0.3 is 0 Å². The number of fused-ring (bicyclic) bond motifs is 1. The minimum Gasteiger partial charge on any atom is -0.352 e. The van der Waals surface area contributed by atoms with E-state index < -0.39 is 0 Å². The van der Waals surface area contributed by atoms with Gasteiger partial charge in [-0.15, -0.1) is 0 Å². The lowest BCUT2D eigenvalue weighted by molar-refractivity contribution is 0.0954. The number of aromatic nitrogens is 3. The number of hydrogen-bond acceptors (Lipinski definition) is 3. The highest BCUT2D eigenvalue weighted by molar-refractivity contribution is 6.32. The number of hydrogen-bond donors (Lipinski definition) is 1. The number of imidazole rings is 1. The van der Waals surface area contributed by atoms with Gasteiger partial charge in [0, 0.05) is 18.3 Å². The fourth-order valence-electron chi connectivity index (χ4n) is 3.71. The molecule has 0 bridgehead atoms. The fraction of sp³-hybridized carbons (Fsp3) is 0.318. The van der Waals surface area contributed by atoms with Crippen molar-refractivity contribution in [1.82, 2.24) is 19.9 Å². The van der Waals surface area contributed by atoms with Gasteiger partial charge in [-0.1, -0.05) is 23.3 Å². The Labute approximate surface area is 169 Å². The van der Waals surface area contributed by atoms with Crippen LogP contribution in [-0.2, 0) is 0 Å². The molecular formula is C22H23ClN4O. The maximum Gasteiger partial charge on any atom is 0.251 e. The first-order chi connectivity index (χ1) is 13.6. The van der Waals surface area contributed by atoms with Crippen molar-refractivity contribution < 1.29 is 4.79 Å². The zero-order chi connectivity index (χ0) is 19.5. The number of amides is 1. The molecule has 3 aromatic rings. The Bertz CT molecular complexity index is 1050. The van der Waals surface area contributed by atoms with Crippen LogP contribution >= 0.6 is 11.6 Å². The van der Waals surface area contributed by atoms with Crippen molar-refractivity contribution in [3.05, 3.63) is 64.6 Å². The Morgan fingerprint density at radius 3 is 3.00 bits per heavy atom. The third-order valence-corrected chi connectivity index (χ3v) is 5.47. The summed E-state index contributed by atoms with van der Waals surface area (Å²) in [5.74, 6) is 0.682. The van der Waals surface area contributed by atoms with Gasteiger partial charge in [0.15, 0.2) is 5.65 Å². The molecule has 1 amide bonds. The highest BCUT2D eigenvalue weighted by Gasteiger charge is 2.15. The topological polar surface area (TPSA) is 59.8 Å². The molecule has 0 atom stereocenters. The normalized spacial score (nSPS) is 14.1. The van der Waals surface area contributed by atoms with Crippen molar-refractivity contribution in [3.8, 4) is 5.69 Å². The van der Waals surface area contributed by atoms with Crippen LogP contribution in [0.3, 0.4) is 0 Å². The fourth-order valence-corrected chi connectivity index (χ4v) is 3.91. The number of rotatable bonds is 5. The Balaban J connectivity index is 1.56. The average molecular weight is 395 g/mol. The summed E-state index contributed by atoms with van der Waals surface area (Å²) < 4.78 is 1.89. The van der Waals surface area contributed by atoms with E-state index in [2.05, 4.69) is 21.4 Å². The molecule has 0 saturated heterocycles. The van der Waals surface area contributed by atoms with E-state index in [1.165, 1.54) is 18.4 Å². The Morgan fingerprint density at radius 2 is 2.18 bits per heavy atom. The first-order valence-corrected chi connectivity index (χ1v) is 10.1. The van der Waals surface area contributed by atoms with Crippen molar-refractivity contribution in [2.45, 2.75) is 39.0 Å². The molecule has 0 fully saturated rings. The molecular weight excluding hydrogens is 372 g/mol. The lowest BCUT2D eigenvalue weighted by Gasteiger charge is -2.14. The third kappa shape index (κ3) is 3.80. The molecule has 2 heterocycles. The SMILES string of the molecule is Cc1nc2cccnc2n1-c1cc(C(=O)NCCC2=CCCCC2)ccc1Cl. The number of carbonyl (C=O) groups is 1. The Kier molecular flexibility index (Phi) is 5.44. The number of nitrogens with zero attached hydrogens (tertiary/aromatic N) is 3. The largest absolute Gasteiger partial charge is 0.352 e. The van der Waals surface area contributed by atoms with Gasteiger partial charge in [-0.3, -0.25) is 9.36 Å². The molecule has 0 unspecified atom stereocenters. The highest BCUT2D eigenvalue weighted by Crippen LogP contribution is 2.27.